The summed E-state index contributed by atoms with van der Waals surface area (Å²) in [4.78, 5) is 29.7. The Kier molecular flexibility index (Phi) is 7.45. The van der Waals surface area contributed by atoms with Gasteiger partial charge in [0.2, 0.25) is 11.8 Å². The molecule has 0 aliphatic carbocycles. The number of hydrogen-bond donors (Lipinski definition) is 1. The van der Waals surface area contributed by atoms with Crippen LogP contribution in [0.15, 0.2) is 60.7 Å². The number of benzene rings is 2. The first-order chi connectivity index (χ1) is 15.9. The lowest BCUT2D eigenvalue weighted by molar-refractivity contribution is -0.135. The third-order valence-corrected chi connectivity index (χ3v) is 8.27. The Hall–Kier alpha value is -2.71. The van der Waals surface area contributed by atoms with E-state index in [-0.39, 0.29) is 41.8 Å². The molecule has 33 heavy (non-hydrogen) atoms. The van der Waals surface area contributed by atoms with Crippen molar-refractivity contribution in [1.82, 2.24) is 9.80 Å². The highest BCUT2D eigenvalue weighted by Crippen LogP contribution is 2.23. The van der Waals surface area contributed by atoms with E-state index >= 15 is 0 Å². The monoisotopic (exact) mass is 469 g/mol. The molecule has 7 nitrogen and oxygen atoms in total. The maximum absolute atomic E-state index is 13.3. The minimum Gasteiger partial charge on any atom is -0.333 e. The summed E-state index contributed by atoms with van der Waals surface area (Å²) in [7, 11) is -3.09. The molecule has 4 rings (SSSR count). The average molecular weight is 470 g/mol. The van der Waals surface area contributed by atoms with Gasteiger partial charge in [0, 0.05) is 24.2 Å². The predicted octanol–water partition coefficient (Wildman–Crippen LogP) is 2.55. The van der Waals surface area contributed by atoms with Crippen molar-refractivity contribution in [3.05, 3.63) is 66.2 Å². The molecule has 0 aromatic heterocycles. The summed E-state index contributed by atoms with van der Waals surface area (Å²) in [6.07, 6.45) is 1.88. The number of piperidine rings is 1. The van der Waals surface area contributed by atoms with Gasteiger partial charge in [0.05, 0.1) is 18.1 Å². The van der Waals surface area contributed by atoms with Crippen LogP contribution in [0.4, 0.5) is 5.69 Å². The molecule has 176 valence electrons. The van der Waals surface area contributed by atoms with Crippen molar-refractivity contribution in [1.29, 1.82) is 0 Å². The SMILES string of the molecule is O=C(Nc1ccccc1)C1CCN(CC(=O)N(Cc2ccccc2)[C@@H]2CCS(=O)(=O)C2)CC1. The van der Waals surface area contributed by atoms with Gasteiger partial charge < -0.3 is 10.2 Å². The largest absolute Gasteiger partial charge is 0.333 e. The van der Waals surface area contributed by atoms with Gasteiger partial charge in [-0.3, -0.25) is 14.5 Å². The molecule has 2 aliphatic heterocycles. The lowest BCUT2D eigenvalue weighted by Crippen LogP contribution is -2.48. The summed E-state index contributed by atoms with van der Waals surface area (Å²) in [5.74, 6) is 0.0741. The van der Waals surface area contributed by atoms with E-state index in [2.05, 4.69) is 10.2 Å². The molecule has 0 unspecified atom stereocenters. The van der Waals surface area contributed by atoms with E-state index < -0.39 is 9.84 Å². The lowest BCUT2D eigenvalue weighted by atomic mass is 9.95. The molecule has 2 heterocycles. The van der Waals surface area contributed by atoms with Crippen molar-refractivity contribution in [3.63, 3.8) is 0 Å². The number of amides is 2. The molecule has 8 heteroatoms. The first-order valence-electron chi connectivity index (χ1n) is 11.5. The number of carbonyl (C=O) groups excluding carboxylic acids is 2. The van der Waals surface area contributed by atoms with Crippen LogP contribution >= 0.6 is 0 Å². The van der Waals surface area contributed by atoms with Crippen LogP contribution in [0.5, 0.6) is 0 Å². The fourth-order valence-electron chi connectivity index (χ4n) is 4.62. The Morgan fingerprint density at radius 1 is 0.939 bits per heavy atom. The van der Waals surface area contributed by atoms with Gasteiger partial charge in [-0.1, -0.05) is 48.5 Å². The van der Waals surface area contributed by atoms with Crippen molar-refractivity contribution < 1.29 is 18.0 Å². The highest BCUT2D eigenvalue weighted by molar-refractivity contribution is 7.91. The van der Waals surface area contributed by atoms with Crippen molar-refractivity contribution in [2.24, 2.45) is 5.92 Å². The van der Waals surface area contributed by atoms with Crippen LogP contribution < -0.4 is 5.32 Å². The Labute approximate surface area is 195 Å². The molecule has 2 fully saturated rings. The Morgan fingerprint density at radius 2 is 1.58 bits per heavy atom. The van der Waals surface area contributed by atoms with E-state index in [1.807, 2.05) is 60.7 Å². The van der Waals surface area contributed by atoms with E-state index in [0.717, 1.165) is 11.3 Å². The minimum atomic E-state index is -3.09. The molecule has 2 saturated heterocycles. The zero-order valence-corrected chi connectivity index (χ0v) is 19.5. The molecule has 1 atom stereocenters. The van der Waals surface area contributed by atoms with Gasteiger partial charge in [0.1, 0.15) is 0 Å². The van der Waals surface area contributed by atoms with Gasteiger partial charge in [0.15, 0.2) is 9.84 Å². The van der Waals surface area contributed by atoms with Crippen LogP contribution in [0, 0.1) is 5.92 Å². The first kappa shape index (κ1) is 23.4. The summed E-state index contributed by atoms with van der Waals surface area (Å²) in [5.41, 5.74) is 1.79. The Bertz CT molecular complexity index is 1050. The van der Waals surface area contributed by atoms with Crippen LogP contribution in [0.3, 0.4) is 0 Å². The van der Waals surface area contributed by atoms with Crippen LogP contribution in [-0.4, -0.2) is 67.2 Å². The molecule has 0 radical (unpaired) electrons. The van der Waals surface area contributed by atoms with E-state index in [4.69, 9.17) is 0 Å². The molecule has 0 saturated carbocycles. The van der Waals surface area contributed by atoms with E-state index in [9.17, 15) is 18.0 Å². The quantitative estimate of drug-likeness (QED) is 0.674. The summed E-state index contributed by atoms with van der Waals surface area (Å²) in [6.45, 7) is 1.99. The molecular weight excluding hydrogens is 438 g/mol. The van der Waals surface area contributed by atoms with E-state index in [0.29, 0.717) is 38.9 Å². The number of anilines is 1. The van der Waals surface area contributed by atoms with Crippen molar-refractivity contribution in [3.8, 4) is 0 Å². The minimum absolute atomic E-state index is 0.0223. The van der Waals surface area contributed by atoms with Crippen molar-refractivity contribution in [2.75, 3.05) is 36.5 Å². The van der Waals surface area contributed by atoms with Crippen LogP contribution in [0.1, 0.15) is 24.8 Å². The second kappa shape index (κ2) is 10.5. The van der Waals surface area contributed by atoms with Gasteiger partial charge in [-0.15, -0.1) is 0 Å². The Morgan fingerprint density at radius 3 is 2.18 bits per heavy atom. The van der Waals surface area contributed by atoms with Crippen LogP contribution in [0.25, 0.3) is 0 Å². The standard InChI is InChI=1S/C25H31N3O4S/c29-24(28(17-20-7-3-1-4-8-20)23-13-16-33(31,32)19-23)18-27-14-11-21(12-15-27)25(30)26-22-9-5-2-6-10-22/h1-10,21,23H,11-19H2,(H,26,30)/t23-/m1/s1. The molecule has 2 aromatic rings. The fraction of sp³-hybridized carbons (Fsp3) is 0.440. The predicted molar refractivity (Wildman–Crippen MR) is 128 cm³/mol. The maximum atomic E-state index is 13.3. The second-order valence-corrected chi connectivity index (χ2v) is 11.2. The van der Waals surface area contributed by atoms with Gasteiger partial charge in [-0.05, 0) is 50.0 Å². The molecule has 2 aliphatic rings. The van der Waals surface area contributed by atoms with Gasteiger partial charge in [0.25, 0.3) is 0 Å². The molecule has 2 amide bonds. The molecular formula is C25H31N3O4S. The fourth-order valence-corrected chi connectivity index (χ4v) is 6.35. The smallest absolute Gasteiger partial charge is 0.237 e. The zero-order valence-electron chi connectivity index (χ0n) is 18.7. The number of nitrogens with zero attached hydrogens (tertiary/aromatic N) is 2. The number of likely N-dealkylation sites (tertiary alicyclic amines) is 1. The normalized spacial score (nSPS) is 20.9. The van der Waals surface area contributed by atoms with E-state index in [1.165, 1.54) is 0 Å². The third kappa shape index (κ3) is 6.42. The van der Waals surface area contributed by atoms with Gasteiger partial charge >= 0.3 is 0 Å². The number of nitrogens with one attached hydrogen (secondary N) is 1. The van der Waals surface area contributed by atoms with Crippen molar-refractivity contribution in [2.45, 2.75) is 31.8 Å². The third-order valence-electron chi connectivity index (χ3n) is 6.52. The highest BCUT2D eigenvalue weighted by atomic mass is 32.2. The summed E-state index contributed by atoms with van der Waals surface area (Å²) >= 11 is 0. The topological polar surface area (TPSA) is 86.8 Å². The molecule has 1 N–H and O–H groups in total. The lowest BCUT2D eigenvalue weighted by Gasteiger charge is -2.34. The second-order valence-electron chi connectivity index (χ2n) is 8.97. The van der Waals surface area contributed by atoms with E-state index in [1.54, 1.807) is 4.90 Å². The average Bonchev–Trinajstić information content (AvgIpc) is 3.18. The maximum Gasteiger partial charge on any atom is 0.237 e. The Balaban J connectivity index is 1.34. The highest BCUT2D eigenvalue weighted by Gasteiger charge is 2.35. The van der Waals surface area contributed by atoms with Crippen LogP contribution in [0.2, 0.25) is 0 Å². The summed E-state index contributed by atoms with van der Waals surface area (Å²) in [6, 6.07) is 18.8. The number of sulfone groups is 1. The number of para-hydroxylation sites is 1. The summed E-state index contributed by atoms with van der Waals surface area (Å²) in [5, 5.41) is 2.97. The number of rotatable bonds is 7. The van der Waals surface area contributed by atoms with Crippen molar-refractivity contribution >= 4 is 27.3 Å². The first-order valence-corrected chi connectivity index (χ1v) is 13.3. The number of hydrogen-bond acceptors (Lipinski definition) is 5. The molecule has 0 bridgehead atoms. The number of carbonyl (C=O) groups is 2. The van der Waals surface area contributed by atoms with Crippen LogP contribution in [-0.2, 0) is 26.0 Å². The molecule has 0 spiro atoms. The summed E-state index contributed by atoms with van der Waals surface area (Å²) < 4.78 is 24.1. The van der Waals surface area contributed by atoms with Gasteiger partial charge in [-0.2, -0.15) is 0 Å². The zero-order chi connectivity index (χ0) is 23.3. The van der Waals surface area contributed by atoms with Gasteiger partial charge in [-0.25, -0.2) is 8.42 Å². The molecule has 2 aromatic carbocycles.